The summed E-state index contributed by atoms with van der Waals surface area (Å²) in [7, 11) is 0. The summed E-state index contributed by atoms with van der Waals surface area (Å²) in [6.07, 6.45) is 0. The largest absolute Gasteiger partial charge is 0.493 e. The number of azo groups is 1. The van der Waals surface area contributed by atoms with Crippen molar-refractivity contribution in [2.75, 3.05) is 11.5 Å². The van der Waals surface area contributed by atoms with Crippen LogP contribution in [0.1, 0.15) is 11.6 Å². The Morgan fingerprint density at radius 2 is 1.91 bits per heavy atom. The highest BCUT2D eigenvalue weighted by atomic mass is 32.2. The second kappa shape index (κ2) is 5.74. The van der Waals surface area contributed by atoms with Crippen LogP contribution in [-0.4, -0.2) is 21.2 Å². The summed E-state index contributed by atoms with van der Waals surface area (Å²) in [5.41, 5.74) is 3.51. The lowest BCUT2D eigenvalue weighted by atomic mass is 10.2. The number of nitrogens with zero attached hydrogens (tertiary/aromatic N) is 3. The van der Waals surface area contributed by atoms with Gasteiger partial charge in [0.1, 0.15) is 0 Å². The first-order chi connectivity index (χ1) is 11.2. The van der Waals surface area contributed by atoms with E-state index in [2.05, 4.69) is 10.2 Å². The zero-order chi connectivity index (χ0) is 15.8. The number of aromatic nitrogens is 1. The summed E-state index contributed by atoms with van der Waals surface area (Å²) < 4.78 is 2.00. The first-order valence-corrected chi connectivity index (χ1v) is 8.77. The number of aryl methyl sites for hydroxylation is 1. The van der Waals surface area contributed by atoms with Crippen LogP contribution >= 0.6 is 11.8 Å². The van der Waals surface area contributed by atoms with Gasteiger partial charge in [0.2, 0.25) is 5.88 Å². The van der Waals surface area contributed by atoms with Crippen molar-refractivity contribution in [2.24, 2.45) is 10.2 Å². The van der Waals surface area contributed by atoms with Crippen molar-refractivity contribution in [3.8, 4) is 5.88 Å². The van der Waals surface area contributed by atoms with E-state index >= 15 is 0 Å². The SMILES string of the molecule is Cc1cccc(N=Nc2c(O)n(C3CSC3)c3ccccc23)c1. The molecule has 3 aromatic rings. The maximum Gasteiger partial charge on any atom is 0.221 e. The molecule has 1 aromatic heterocycles. The highest BCUT2D eigenvalue weighted by molar-refractivity contribution is 8.00. The van der Waals surface area contributed by atoms with Gasteiger partial charge in [-0.25, -0.2) is 0 Å². The predicted molar refractivity (Wildman–Crippen MR) is 95.3 cm³/mol. The third-order valence-electron chi connectivity index (χ3n) is 4.11. The van der Waals surface area contributed by atoms with Crippen LogP contribution in [0.4, 0.5) is 11.4 Å². The average molecular weight is 323 g/mol. The second-order valence-corrected chi connectivity index (χ2v) is 6.86. The van der Waals surface area contributed by atoms with Crippen LogP contribution in [0.25, 0.3) is 10.9 Å². The van der Waals surface area contributed by atoms with E-state index in [4.69, 9.17) is 0 Å². The Kier molecular flexibility index (Phi) is 3.58. The first kappa shape index (κ1) is 14.3. The summed E-state index contributed by atoms with van der Waals surface area (Å²) in [5, 5.41) is 20.3. The number of fused-ring (bicyclic) bond motifs is 1. The van der Waals surface area contributed by atoms with E-state index in [1.165, 1.54) is 0 Å². The Bertz CT molecular complexity index is 896. The van der Waals surface area contributed by atoms with Crippen LogP contribution in [0, 0.1) is 6.92 Å². The predicted octanol–water partition coefficient (Wildman–Crippen LogP) is 5.36. The number of hydrogen-bond acceptors (Lipinski definition) is 4. The van der Waals surface area contributed by atoms with Crippen LogP contribution in [0.5, 0.6) is 5.88 Å². The highest BCUT2D eigenvalue weighted by Crippen LogP contribution is 2.44. The molecule has 5 heteroatoms. The molecule has 0 aliphatic carbocycles. The van der Waals surface area contributed by atoms with Gasteiger partial charge >= 0.3 is 0 Å². The van der Waals surface area contributed by atoms with Crippen LogP contribution < -0.4 is 0 Å². The third-order valence-corrected chi connectivity index (χ3v) is 5.35. The van der Waals surface area contributed by atoms with Crippen LogP contribution in [0.15, 0.2) is 58.8 Å². The molecule has 1 aliphatic rings. The lowest BCUT2D eigenvalue weighted by molar-refractivity contribution is 0.406. The fourth-order valence-electron chi connectivity index (χ4n) is 2.87. The lowest BCUT2D eigenvalue weighted by Gasteiger charge is -2.27. The molecule has 1 aliphatic heterocycles. The molecule has 1 saturated heterocycles. The Morgan fingerprint density at radius 3 is 2.65 bits per heavy atom. The molecular formula is C18H17N3OS. The van der Waals surface area contributed by atoms with Gasteiger partial charge in [0, 0.05) is 16.9 Å². The second-order valence-electron chi connectivity index (χ2n) is 5.79. The average Bonchev–Trinajstić information content (AvgIpc) is 2.77. The quantitative estimate of drug-likeness (QED) is 0.660. The standard InChI is InChI=1S/C18H17N3OS/c1-12-5-4-6-13(9-12)19-20-17-15-7-2-3-8-16(15)21(18(17)22)14-10-23-11-14/h2-9,14,22H,10-11H2,1H3. The molecule has 0 atom stereocenters. The van der Waals surface area contributed by atoms with E-state index < -0.39 is 0 Å². The zero-order valence-electron chi connectivity index (χ0n) is 12.8. The molecule has 23 heavy (non-hydrogen) atoms. The molecule has 1 N–H and O–H groups in total. The van der Waals surface area contributed by atoms with Crippen LogP contribution in [0.3, 0.4) is 0 Å². The van der Waals surface area contributed by atoms with Crippen LogP contribution in [0.2, 0.25) is 0 Å². The molecule has 0 unspecified atom stereocenters. The van der Waals surface area contributed by atoms with Gasteiger partial charge in [-0.3, -0.25) is 0 Å². The maximum absolute atomic E-state index is 10.7. The maximum atomic E-state index is 10.7. The molecule has 116 valence electrons. The molecule has 4 nitrogen and oxygen atoms in total. The molecule has 1 fully saturated rings. The number of benzene rings is 2. The highest BCUT2D eigenvalue weighted by Gasteiger charge is 2.27. The third kappa shape index (κ3) is 2.51. The number of para-hydroxylation sites is 1. The number of aromatic hydroxyl groups is 1. The Hall–Kier alpha value is -2.27. The minimum atomic E-state index is 0.216. The van der Waals surface area contributed by atoms with Gasteiger partial charge in [-0.2, -0.15) is 16.9 Å². The van der Waals surface area contributed by atoms with Gasteiger partial charge in [-0.1, -0.05) is 30.3 Å². The Balaban J connectivity index is 1.82. The zero-order valence-corrected chi connectivity index (χ0v) is 13.6. The monoisotopic (exact) mass is 323 g/mol. The molecule has 0 spiro atoms. The molecule has 0 amide bonds. The Morgan fingerprint density at radius 1 is 1.09 bits per heavy atom. The van der Waals surface area contributed by atoms with Gasteiger partial charge in [0.05, 0.1) is 17.2 Å². The number of thioether (sulfide) groups is 1. The number of hydrogen-bond donors (Lipinski definition) is 1. The van der Waals surface area contributed by atoms with Gasteiger partial charge in [-0.05, 0) is 30.7 Å². The van der Waals surface area contributed by atoms with Crippen molar-refractivity contribution in [3.05, 3.63) is 54.1 Å². The first-order valence-electron chi connectivity index (χ1n) is 7.62. The molecule has 0 bridgehead atoms. The van der Waals surface area contributed by atoms with Gasteiger partial charge in [0.25, 0.3) is 0 Å². The van der Waals surface area contributed by atoms with E-state index in [0.29, 0.717) is 11.7 Å². The fourth-order valence-corrected chi connectivity index (χ4v) is 3.62. The van der Waals surface area contributed by atoms with E-state index in [1.54, 1.807) is 0 Å². The number of rotatable bonds is 3. The molecule has 4 rings (SSSR count). The van der Waals surface area contributed by atoms with Gasteiger partial charge in [-0.15, -0.1) is 5.11 Å². The van der Waals surface area contributed by atoms with Crippen molar-refractivity contribution < 1.29 is 5.11 Å². The summed E-state index contributed by atoms with van der Waals surface area (Å²) in [4.78, 5) is 0. The summed E-state index contributed by atoms with van der Waals surface area (Å²) in [5.74, 6) is 2.27. The molecule has 0 radical (unpaired) electrons. The van der Waals surface area contributed by atoms with E-state index in [9.17, 15) is 5.11 Å². The van der Waals surface area contributed by atoms with Gasteiger partial charge in [0.15, 0.2) is 5.69 Å². The molecule has 2 heterocycles. The minimum Gasteiger partial charge on any atom is -0.493 e. The smallest absolute Gasteiger partial charge is 0.221 e. The fraction of sp³-hybridized carbons (Fsp3) is 0.222. The Labute approximate surface area is 138 Å². The van der Waals surface area contributed by atoms with E-state index in [0.717, 1.165) is 33.7 Å². The molecule has 0 saturated carbocycles. The van der Waals surface area contributed by atoms with Crippen molar-refractivity contribution in [3.63, 3.8) is 0 Å². The van der Waals surface area contributed by atoms with Crippen molar-refractivity contribution in [1.29, 1.82) is 0 Å². The van der Waals surface area contributed by atoms with E-state index in [-0.39, 0.29) is 5.88 Å². The van der Waals surface area contributed by atoms with Crippen LogP contribution in [-0.2, 0) is 0 Å². The van der Waals surface area contributed by atoms with Crippen molar-refractivity contribution in [1.82, 2.24) is 4.57 Å². The molecular weight excluding hydrogens is 306 g/mol. The summed E-state index contributed by atoms with van der Waals surface area (Å²) >= 11 is 1.89. The lowest BCUT2D eigenvalue weighted by Crippen LogP contribution is -2.22. The minimum absolute atomic E-state index is 0.216. The molecule has 2 aromatic carbocycles. The summed E-state index contributed by atoms with van der Waals surface area (Å²) in [6, 6.07) is 16.2. The van der Waals surface area contributed by atoms with Crippen molar-refractivity contribution in [2.45, 2.75) is 13.0 Å². The van der Waals surface area contributed by atoms with E-state index in [1.807, 2.05) is 71.8 Å². The topological polar surface area (TPSA) is 49.9 Å². The van der Waals surface area contributed by atoms with Crippen molar-refractivity contribution >= 4 is 34.0 Å². The van der Waals surface area contributed by atoms with Gasteiger partial charge < -0.3 is 9.67 Å². The summed E-state index contributed by atoms with van der Waals surface area (Å²) in [6.45, 7) is 2.02. The normalized spacial score (nSPS) is 15.3.